The van der Waals surface area contributed by atoms with Gasteiger partial charge in [-0.05, 0) is 74.9 Å². The molecule has 190 valence electrons. The molecule has 2 atom stereocenters. The normalized spacial score (nSPS) is 13.4. The zero-order valence-electron chi connectivity index (χ0n) is 22.1. The van der Waals surface area contributed by atoms with Crippen LogP contribution in [0.2, 0.25) is 0 Å². The number of carbonyl (C=O) groups excluding carboxylic acids is 1. The molecular weight excluding hydrogens is 452 g/mol. The number of furan rings is 1. The Morgan fingerprint density at radius 1 is 1.06 bits per heavy atom. The maximum atomic E-state index is 13.2. The van der Waals surface area contributed by atoms with Gasteiger partial charge in [-0.1, -0.05) is 37.6 Å². The molecule has 4 aromatic rings. The number of hydrogen-bond acceptors (Lipinski definition) is 6. The molecule has 0 aliphatic carbocycles. The summed E-state index contributed by atoms with van der Waals surface area (Å²) < 4.78 is 11.1. The highest BCUT2D eigenvalue weighted by Gasteiger charge is 2.24. The molecule has 0 spiro atoms. The molecule has 3 aromatic heterocycles. The molecule has 0 aliphatic rings. The first-order valence-corrected chi connectivity index (χ1v) is 12.7. The second-order valence-electron chi connectivity index (χ2n) is 10.5. The number of hydrogen-bond donors (Lipinski definition) is 1. The van der Waals surface area contributed by atoms with Gasteiger partial charge in [0.05, 0.1) is 11.3 Å². The number of carbonyl (C=O) groups is 1. The maximum absolute atomic E-state index is 13.2. The number of rotatable bonds is 10. The Balaban J connectivity index is 1.51. The Bertz CT molecular complexity index is 1350. The van der Waals surface area contributed by atoms with Crippen LogP contribution in [-0.4, -0.2) is 21.0 Å². The van der Waals surface area contributed by atoms with Crippen LogP contribution in [0.5, 0.6) is 0 Å². The Hall–Kier alpha value is -3.25. The standard InChI is InChI=1S/C30H36N2O4/c1-17(2)7-9-23(29-19(4)11-18(3)16-31-29)14-25(33)13-22-8-10-26-24(12-22)15-27(35-26)30(34)28-20(5)32-36-21(28)6/h8,10-12,15-17,23,30,34H,7,9,13-14H2,1-6H3. The van der Waals surface area contributed by atoms with E-state index in [9.17, 15) is 9.90 Å². The van der Waals surface area contributed by atoms with Gasteiger partial charge in [-0.2, -0.15) is 0 Å². The van der Waals surface area contributed by atoms with E-state index in [4.69, 9.17) is 13.9 Å². The first-order chi connectivity index (χ1) is 17.1. The lowest BCUT2D eigenvalue weighted by molar-refractivity contribution is -0.118. The topological polar surface area (TPSA) is 89.4 Å². The molecule has 2 unspecified atom stereocenters. The Labute approximate surface area is 212 Å². The van der Waals surface area contributed by atoms with Gasteiger partial charge in [-0.3, -0.25) is 9.78 Å². The van der Waals surface area contributed by atoms with E-state index >= 15 is 0 Å². The molecule has 36 heavy (non-hydrogen) atoms. The molecule has 4 rings (SSSR count). The number of benzene rings is 1. The van der Waals surface area contributed by atoms with Gasteiger partial charge in [0, 0.05) is 36.0 Å². The van der Waals surface area contributed by atoms with Crippen molar-refractivity contribution in [3.63, 3.8) is 0 Å². The Kier molecular flexibility index (Phi) is 7.74. The number of aliphatic hydroxyl groups excluding tert-OH is 1. The first kappa shape index (κ1) is 25.8. The fourth-order valence-corrected chi connectivity index (χ4v) is 4.98. The average Bonchev–Trinajstić information content (AvgIpc) is 3.38. The maximum Gasteiger partial charge on any atom is 0.142 e. The van der Waals surface area contributed by atoms with Crippen LogP contribution in [0.1, 0.15) is 90.3 Å². The summed E-state index contributed by atoms with van der Waals surface area (Å²) in [5.74, 6) is 1.89. The van der Waals surface area contributed by atoms with Crippen molar-refractivity contribution in [2.24, 2.45) is 5.92 Å². The van der Waals surface area contributed by atoms with Crippen LogP contribution in [-0.2, 0) is 11.2 Å². The minimum Gasteiger partial charge on any atom is -0.458 e. The molecule has 1 N–H and O–H groups in total. The van der Waals surface area contributed by atoms with Crippen LogP contribution in [0.15, 0.2) is 45.5 Å². The Morgan fingerprint density at radius 2 is 1.83 bits per heavy atom. The molecule has 0 radical (unpaired) electrons. The number of aromatic nitrogens is 2. The highest BCUT2D eigenvalue weighted by molar-refractivity contribution is 5.84. The fourth-order valence-electron chi connectivity index (χ4n) is 4.98. The van der Waals surface area contributed by atoms with E-state index in [1.807, 2.05) is 37.4 Å². The van der Waals surface area contributed by atoms with E-state index in [2.05, 4.69) is 32.0 Å². The Morgan fingerprint density at radius 3 is 2.50 bits per heavy atom. The zero-order chi connectivity index (χ0) is 26.0. The molecule has 0 saturated heterocycles. The third-order valence-corrected chi connectivity index (χ3v) is 6.84. The van der Waals surface area contributed by atoms with E-state index in [-0.39, 0.29) is 11.7 Å². The lowest BCUT2D eigenvalue weighted by Gasteiger charge is -2.19. The number of pyridine rings is 1. The second-order valence-corrected chi connectivity index (χ2v) is 10.5. The van der Waals surface area contributed by atoms with E-state index < -0.39 is 6.10 Å². The largest absolute Gasteiger partial charge is 0.458 e. The minimum atomic E-state index is -0.958. The lowest BCUT2D eigenvalue weighted by atomic mass is 9.87. The molecule has 1 aromatic carbocycles. The number of aryl methyl sites for hydroxylation is 4. The van der Waals surface area contributed by atoms with Gasteiger partial charge >= 0.3 is 0 Å². The van der Waals surface area contributed by atoms with Gasteiger partial charge in [0.1, 0.15) is 29.0 Å². The third kappa shape index (κ3) is 5.76. The fraction of sp³-hybridized carbons (Fsp3) is 0.433. The SMILES string of the molecule is Cc1cnc(C(CCC(C)C)CC(=O)Cc2ccc3oc(C(O)c4c(C)noc4C)cc3c2)c(C)c1. The molecule has 6 heteroatoms. The van der Waals surface area contributed by atoms with Crippen molar-refractivity contribution < 1.29 is 18.8 Å². The van der Waals surface area contributed by atoms with Crippen molar-refractivity contribution in [1.29, 1.82) is 0 Å². The number of nitrogens with zero attached hydrogens (tertiary/aromatic N) is 2. The quantitative estimate of drug-likeness (QED) is 0.262. The van der Waals surface area contributed by atoms with Gasteiger partial charge in [-0.15, -0.1) is 0 Å². The minimum absolute atomic E-state index is 0.120. The van der Waals surface area contributed by atoms with Crippen LogP contribution in [0.25, 0.3) is 11.0 Å². The summed E-state index contributed by atoms with van der Waals surface area (Å²) in [5, 5.41) is 15.6. The number of fused-ring (bicyclic) bond motifs is 1. The predicted molar refractivity (Wildman–Crippen MR) is 140 cm³/mol. The summed E-state index contributed by atoms with van der Waals surface area (Å²) in [6.07, 6.45) is 3.78. The summed E-state index contributed by atoms with van der Waals surface area (Å²) in [5.41, 5.74) is 6.19. The highest BCUT2D eigenvalue weighted by Crippen LogP contribution is 2.33. The molecule has 0 saturated carbocycles. The summed E-state index contributed by atoms with van der Waals surface area (Å²) in [4.78, 5) is 17.9. The summed E-state index contributed by atoms with van der Waals surface area (Å²) in [6, 6.07) is 9.73. The molecule has 6 nitrogen and oxygen atoms in total. The van der Waals surface area contributed by atoms with Crippen LogP contribution in [0.4, 0.5) is 0 Å². The van der Waals surface area contributed by atoms with Crippen molar-refractivity contribution in [1.82, 2.24) is 10.1 Å². The predicted octanol–water partition coefficient (Wildman–Crippen LogP) is 6.85. The zero-order valence-corrected chi connectivity index (χ0v) is 22.1. The van der Waals surface area contributed by atoms with Crippen molar-refractivity contribution in [2.45, 2.75) is 79.2 Å². The van der Waals surface area contributed by atoms with Crippen LogP contribution < -0.4 is 0 Å². The number of aliphatic hydroxyl groups is 1. The molecular formula is C30H36N2O4. The molecule has 3 heterocycles. The van der Waals surface area contributed by atoms with Crippen LogP contribution in [0, 0.1) is 33.6 Å². The van der Waals surface area contributed by atoms with Gasteiger partial charge < -0.3 is 14.0 Å². The van der Waals surface area contributed by atoms with Crippen molar-refractivity contribution in [3.8, 4) is 0 Å². The number of Topliss-reactive ketones (excluding diaryl/α,β-unsaturated/α-hetero) is 1. The van der Waals surface area contributed by atoms with Crippen molar-refractivity contribution >= 4 is 16.8 Å². The molecule has 0 aliphatic heterocycles. The van der Waals surface area contributed by atoms with E-state index in [1.54, 1.807) is 13.8 Å². The van der Waals surface area contributed by atoms with Gasteiger partial charge in [0.25, 0.3) is 0 Å². The third-order valence-electron chi connectivity index (χ3n) is 6.84. The first-order valence-electron chi connectivity index (χ1n) is 12.7. The lowest BCUT2D eigenvalue weighted by Crippen LogP contribution is -2.13. The second kappa shape index (κ2) is 10.8. The van der Waals surface area contributed by atoms with Crippen LogP contribution >= 0.6 is 0 Å². The van der Waals surface area contributed by atoms with E-state index in [0.29, 0.717) is 47.1 Å². The summed E-state index contributed by atoms with van der Waals surface area (Å²) >= 11 is 0. The molecule has 0 fully saturated rings. The van der Waals surface area contributed by atoms with E-state index in [1.165, 1.54) is 0 Å². The summed E-state index contributed by atoms with van der Waals surface area (Å²) in [6.45, 7) is 12.1. The van der Waals surface area contributed by atoms with Crippen molar-refractivity contribution in [2.75, 3.05) is 0 Å². The highest BCUT2D eigenvalue weighted by atomic mass is 16.5. The average molecular weight is 489 g/mol. The van der Waals surface area contributed by atoms with Gasteiger partial charge in [-0.25, -0.2) is 0 Å². The van der Waals surface area contributed by atoms with Gasteiger partial charge in [0.15, 0.2) is 0 Å². The van der Waals surface area contributed by atoms with Gasteiger partial charge in [0.2, 0.25) is 0 Å². The van der Waals surface area contributed by atoms with E-state index in [0.717, 1.165) is 40.6 Å². The van der Waals surface area contributed by atoms with Crippen LogP contribution in [0.3, 0.4) is 0 Å². The number of ketones is 1. The summed E-state index contributed by atoms with van der Waals surface area (Å²) in [7, 11) is 0. The van der Waals surface area contributed by atoms with Crippen molar-refractivity contribution in [3.05, 3.63) is 81.7 Å². The monoisotopic (exact) mass is 488 g/mol. The molecule has 0 bridgehead atoms. The smallest absolute Gasteiger partial charge is 0.142 e. The molecule has 0 amide bonds.